The van der Waals surface area contributed by atoms with Crippen LogP contribution in [-0.2, 0) is 4.79 Å². The van der Waals surface area contributed by atoms with Gasteiger partial charge in [0.25, 0.3) is 0 Å². The fraction of sp³-hybridized carbons (Fsp3) is 0.286. The zero-order valence-electron chi connectivity index (χ0n) is 10.8. The number of carbonyl (C=O) groups excluding carboxylic acids is 1. The lowest BCUT2D eigenvalue weighted by Gasteiger charge is -2.35. The van der Waals surface area contributed by atoms with Crippen molar-refractivity contribution in [1.82, 2.24) is 10.3 Å². The minimum atomic E-state index is -0.180. The van der Waals surface area contributed by atoms with E-state index in [0.717, 1.165) is 28.7 Å². The second-order valence-electron chi connectivity index (χ2n) is 4.76. The topological polar surface area (TPSA) is 71.2 Å². The molecule has 3 rings (SSSR count). The molecule has 0 radical (unpaired) electrons. The van der Waals surface area contributed by atoms with Crippen LogP contribution in [0.3, 0.4) is 0 Å². The Balaban J connectivity index is 2.15. The summed E-state index contributed by atoms with van der Waals surface area (Å²) in [6.45, 7) is 3.36. The molecule has 2 heterocycles. The molecule has 1 unspecified atom stereocenters. The van der Waals surface area contributed by atoms with E-state index in [1.807, 2.05) is 25.1 Å². The molecule has 3 N–H and O–H groups in total. The van der Waals surface area contributed by atoms with Crippen LogP contribution in [0.25, 0.3) is 10.8 Å². The Morgan fingerprint density at radius 1 is 1.37 bits per heavy atom. The molecule has 0 spiro atoms. The number of hydrogen-bond donors (Lipinski definition) is 2. The molecule has 1 aromatic carbocycles. The molecular weight excluding hydrogens is 240 g/mol. The van der Waals surface area contributed by atoms with Crippen LogP contribution in [0.4, 0.5) is 11.4 Å². The molecule has 0 bridgehead atoms. The summed E-state index contributed by atoms with van der Waals surface area (Å²) in [4.78, 5) is 18.1. The lowest BCUT2D eigenvalue weighted by Crippen LogP contribution is -2.54. The van der Waals surface area contributed by atoms with Crippen molar-refractivity contribution in [2.75, 3.05) is 23.7 Å². The first-order chi connectivity index (χ1) is 9.18. The molecule has 98 valence electrons. The highest BCUT2D eigenvalue weighted by molar-refractivity contribution is 6.02. The van der Waals surface area contributed by atoms with E-state index in [2.05, 4.69) is 15.2 Å². The van der Waals surface area contributed by atoms with E-state index in [9.17, 15) is 4.79 Å². The number of aromatic nitrogens is 1. The van der Waals surface area contributed by atoms with Crippen molar-refractivity contribution in [2.45, 2.75) is 13.0 Å². The first kappa shape index (κ1) is 11.8. The lowest BCUT2D eigenvalue weighted by molar-refractivity contribution is -0.122. The smallest absolute Gasteiger partial charge is 0.242 e. The van der Waals surface area contributed by atoms with Gasteiger partial charge in [0.05, 0.1) is 0 Å². The van der Waals surface area contributed by atoms with E-state index in [4.69, 9.17) is 5.73 Å². The molecule has 5 nitrogen and oxygen atoms in total. The van der Waals surface area contributed by atoms with Crippen molar-refractivity contribution in [3.8, 4) is 0 Å². The number of anilines is 2. The Bertz CT molecular complexity index is 640. The SMILES string of the molecule is CC1C(=O)NCCN1c1ccc(N)c2ccncc12. The number of nitrogens with one attached hydrogen (secondary N) is 1. The maximum absolute atomic E-state index is 11.8. The highest BCUT2D eigenvalue weighted by Gasteiger charge is 2.26. The average molecular weight is 256 g/mol. The number of nitrogens with zero attached hydrogens (tertiary/aromatic N) is 2. The van der Waals surface area contributed by atoms with Crippen LogP contribution >= 0.6 is 0 Å². The largest absolute Gasteiger partial charge is 0.398 e. The fourth-order valence-electron chi connectivity index (χ4n) is 2.56. The number of nitrogens with two attached hydrogens (primary N) is 1. The third-order valence-corrected chi connectivity index (χ3v) is 3.64. The summed E-state index contributed by atoms with van der Waals surface area (Å²) in [5.41, 5.74) is 7.74. The summed E-state index contributed by atoms with van der Waals surface area (Å²) in [5, 5.41) is 4.84. The molecule has 1 aromatic heterocycles. The van der Waals surface area contributed by atoms with E-state index in [-0.39, 0.29) is 11.9 Å². The molecule has 1 saturated heterocycles. The lowest BCUT2D eigenvalue weighted by atomic mass is 10.1. The van der Waals surface area contributed by atoms with Crippen molar-refractivity contribution in [2.24, 2.45) is 0 Å². The molecule has 1 atom stereocenters. The van der Waals surface area contributed by atoms with Crippen LogP contribution in [-0.4, -0.2) is 30.0 Å². The average Bonchev–Trinajstić information content (AvgIpc) is 2.43. The van der Waals surface area contributed by atoms with Gasteiger partial charge in [0.1, 0.15) is 6.04 Å². The number of pyridine rings is 1. The van der Waals surface area contributed by atoms with Gasteiger partial charge in [-0.25, -0.2) is 0 Å². The Morgan fingerprint density at radius 3 is 3.05 bits per heavy atom. The number of hydrogen-bond acceptors (Lipinski definition) is 4. The second kappa shape index (κ2) is 4.42. The van der Waals surface area contributed by atoms with Crippen molar-refractivity contribution in [1.29, 1.82) is 0 Å². The molecule has 1 amide bonds. The van der Waals surface area contributed by atoms with Gasteiger partial charge in [-0.3, -0.25) is 9.78 Å². The Hall–Kier alpha value is -2.30. The Kier molecular flexibility index (Phi) is 2.74. The molecule has 1 aliphatic heterocycles. The molecule has 0 saturated carbocycles. The second-order valence-corrected chi connectivity index (χ2v) is 4.76. The number of carbonyl (C=O) groups is 1. The monoisotopic (exact) mass is 256 g/mol. The summed E-state index contributed by atoms with van der Waals surface area (Å²) in [7, 11) is 0. The summed E-state index contributed by atoms with van der Waals surface area (Å²) in [5.74, 6) is 0.0557. The van der Waals surface area contributed by atoms with Gasteiger partial charge in [0.15, 0.2) is 0 Å². The summed E-state index contributed by atoms with van der Waals surface area (Å²) in [6, 6.07) is 5.58. The van der Waals surface area contributed by atoms with Gasteiger partial charge in [0.2, 0.25) is 5.91 Å². The Morgan fingerprint density at radius 2 is 2.21 bits per heavy atom. The molecular formula is C14H16N4O. The van der Waals surface area contributed by atoms with Crippen molar-refractivity contribution in [3.63, 3.8) is 0 Å². The number of benzene rings is 1. The van der Waals surface area contributed by atoms with Gasteiger partial charge in [-0.15, -0.1) is 0 Å². The zero-order valence-corrected chi connectivity index (χ0v) is 10.8. The van der Waals surface area contributed by atoms with Crippen LogP contribution in [0.1, 0.15) is 6.92 Å². The van der Waals surface area contributed by atoms with Gasteiger partial charge < -0.3 is 16.0 Å². The quantitative estimate of drug-likeness (QED) is 0.751. The van der Waals surface area contributed by atoms with Gasteiger partial charge in [-0.05, 0) is 25.1 Å². The first-order valence-corrected chi connectivity index (χ1v) is 6.35. The third kappa shape index (κ3) is 1.87. The molecule has 19 heavy (non-hydrogen) atoms. The summed E-state index contributed by atoms with van der Waals surface area (Å²) < 4.78 is 0. The van der Waals surface area contributed by atoms with Crippen molar-refractivity contribution < 1.29 is 4.79 Å². The standard InChI is InChI=1S/C14H16N4O/c1-9-14(19)17-6-7-18(9)13-3-2-12(15)10-4-5-16-8-11(10)13/h2-5,8-9H,6-7,15H2,1H3,(H,17,19). The number of nitrogen functional groups attached to an aromatic ring is 1. The van der Waals surface area contributed by atoms with Crippen LogP contribution in [0, 0.1) is 0 Å². The van der Waals surface area contributed by atoms with Crippen LogP contribution < -0.4 is 16.0 Å². The molecule has 1 aliphatic rings. The Labute approximate surface area is 111 Å². The molecule has 2 aromatic rings. The van der Waals surface area contributed by atoms with Gasteiger partial charge in [-0.2, -0.15) is 0 Å². The van der Waals surface area contributed by atoms with Gasteiger partial charge in [0, 0.05) is 47.6 Å². The highest BCUT2D eigenvalue weighted by Crippen LogP contribution is 2.31. The van der Waals surface area contributed by atoms with Crippen molar-refractivity contribution >= 4 is 28.1 Å². The highest BCUT2D eigenvalue weighted by atomic mass is 16.2. The zero-order chi connectivity index (χ0) is 13.4. The predicted octanol–water partition coefficient (Wildman–Crippen LogP) is 1.14. The first-order valence-electron chi connectivity index (χ1n) is 6.35. The maximum atomic E-state index is 11.8. The molecule has 1 fully saturated rings. The number of piperazine rings is 1. The molecule has 5 heteroatoms. The number of rotatable bonds is 1. The van der Waals surface area contributed by atoms with E-state index in [1.54, 1.807) is 12.4 Å². The van der Waals surface area contributed by atoms with Crippen LogP contribution in [0.2, 0.25) is 0 Å². The number of fused-ring (bicyclic) bond motifs is 1. The van der Waals surface area contributed by atoms with Crippen molar-refractivity contribution in [3.05, 3.63) is 30.6 Å². The summed E-state index contributed by atoms with van der Waals surface area (Å²) >= 11 is 0. The normalized spacial score (nSPS) is 19.5. The fourth-order valence-corrected chi connectivity index (χ4v) is 2.56. The van der Waals surface area contributed by atoms with E-state index < -0.39 is 0 Å². The van der Waals surface area contributed by atoms with Crippen LogP contribution in [0.5, 0.6) is 0 Å². The molecule has 0 aliphatic carbocycles. The van der Waals surface area contributed by atoms with E-state index in [0.29, 0.717) is 6.54 Å². The third-order valence-electron chi connectivity index (χ3n) is 3.64. The predicted molar refractivity (Wildman–Crippen MR) is 76.0 cm³/mol. The van der Waals surface area contributed by atoms with Gasteiger partial charge >= 0.3 is 0 Å². The summed E-state index contributed by atoms with van der Waals surface area (Å²) in [6.07, 6.45) is 3.54. The maximum Gasteiger partial charge on any atom is 0.242 e. The van der Waals surface area contributed by atoms with E-state index >= 15 is 0 Å². The minimum absolute atomic E-state index is 0.0557. The van der Waals surface area contributed by atoms with Gasteiger partial charge in [-0.1, -0.05) is 0 Å². The van der Waals surface area contributed by atoms with Crippen LogP contribution in [0.15, 0.2) is 30.6 Å². The minimum Gasteiger partial charge on any atom is -0.398 e. The number of amides is 1. The van der Waals surface area contributed by atoms with E-state index in [1.165, 1.54) is 0 Å².